The summed E-state index contributed by atoms with van der Waals surface area (Å²) in [6, 6.07) is 0. The van der Waals surface area contributed by atoms with Crippen LogP contribution in [0.1, 0.15) is 13.3 Å². The lowest BCUT2D eigenvalue weighted by atomic mass is 10.3. The standard InChI is InChI=1S/C9H19N3O2S2/c1-2-16(13,14)9-7-15-6-5-12(9)4-3-8(10)11/h9H,2-7H2,1H3,(H3,10,11). The molecule has 1 aliphatic heterocycles. The van der Waals surface area contributed by atoms with Crippen molar-refractivity contribution < 1.29 is 8.42 Å². The fourth-order valence-electron chi connectivity index (χ4n) is 1.66. The second-order valence-corrected chi connectivity index (χ2v) is 7.39. The van der Waals surface area contributed by atoms with E-state index in [1.807, 2.05) is 4.90 Å². The molecule has 1 aliphatic rings. The second kappa shape index (κ2) is 5.88. The third kappa shape index (κ3) is 3.64. The molecule has 0 bridgehead atoms. The predicted octanol–water partition coefficient (Wildman–Crippen LogP) is 0.122. The molecule has 1 atom stereocenters. The van der Waals surface area contributed by atoms with E-state index >= 15 is 0 Å². The van der Waals surface area contributed by atoms with Crippen molar-refractivity contribution in [1.82, 2.24) is 4.90 Å². The molecule has 0 aromatic rings. The van der Waals surface area contributed by atoms with Crippen LogP contribution in [0, 0.1) is 5.41 Å². The predicted molar refractivity (Wildman–Crippen MR) is 68.7 cm³/mol. The van der Waals surface area contributed by atoms with E-state index in [9.17, 15) is 8.42 Å². The largest absolute Gasteiger partial charge is 0.388 e. The van der Waals surface area contributed by atoms with Crippen LogP contribution in [0.25, 0.3) is 0 Å². The van der Waals surface area contributed by atoms with Crippen LogP contribution in [-0.2, 0) is 9.84 Å². The Morgan fingerprint density at radius 3 is 2.88 bits per heavy atom. The van der Waals surface area contributed by atoms with Crippen molar-refractivity contribution in [2.45, 2.75) is 18.7 Å². The van der Waals surface area contributed by atoms with Crippen molar-refractivity contribution in [1.29, 1.82) is 5.41 Å². The third-order valence-corrected chi connectivity index (χ3v) is 6.01. The lowest BCUT2D eigenvalue weighted by Crippen LogP contribution is -2.48. The molecule has 0 aromatic carbocycles. The molecule has 0 amide bonds. The number of thioether (sulfide) groups is 1. The van der Waals surface area contributed by atoms with Crippen molar-refractivity contribution >= 4 is 27.4 Å². The summed E-state index contributed by atoms with van der Waals surface area (Å²) in [7, 11) is -3.02. The van der Waals surface area contributed by atoms with Gasteiger partial charge in [-0.25, -0.2) is 8.42 Å². The van der Waals surface area contributed by atoms with Gasteiger partial charge in [-0.15, -0.1) is 0 Å². The summed E-state index contributed by atoms with van der Waals surface area (Å²) in [6.07, 6.45) is 0.445. The molecular weight excluding hydrogens is 246 g/mol. The average molecular weight is 265 g/mol. The van der Waals surface area contributed by atoms with Gasteiger partial charge in [0, 0.05) is 36.8 Å². The highest BCUT2D eigenvalue weighted by molar-refractivity contribution is 8.01. The average Bonchev–Trinajstić information content (AvgIpc) is 2.26. The monoisotopic (exact) mass is 265 g/mol. The molecule has 0 radical (unpaired) electrons. The number of rotatable bonds is 5. The van der Waals surface area contributed by atoms with Crippen molar-refractivity contribution in [2.24, 2.45) is 5.73 Å². The minimum Gasteiger partial charge on any atom is -0.388 e. The molecule has 0 saturated carbocycles. The van der Waals surface area contributed by atoms with Crippen molar-refractivity contribution in [3.63, 3.8) is 0 Å². The molecule has 0 spiro atoms. The Kier molecular flexibility index (Phi) is 5.07. The van der Waals surface area contributed by atoms with Crippen LogP contribution in [0.5, 0.6) is 0 Å². The van der Waals surface area contributed by atoms with Crippen LogP contribution >= 0.6 is 11.8 Å². The highest BCUT2D eigenvalue weighted by Crippen LogP contribution is 2.21. The van der Waals surface area contributed by atoms with Gasteiger partial charge in [0.1, 0.15) is 5.37 Å². The van der Waals surface area contributed by atoms with Crippen molar-refractivity contribution in [3.8, 4) is 0 Å². The first kappa shape index (κ1) is 13.8. The van der Waals surface area contributed by atoms with Gasteiger partial charge in [-0.3, -0.25) is 10.3 Å². The minimum absolute atomic E-state index is 0.117. The van der Waals surface area contributed by atoms with Crippen LogP contribution in [0.3, 0.4) is 0 Å². The first-order chi connectivity index (χ1) is 7.47. The van der Waals surface area contributed by atoms with Crippen LogP contribution < -0.4 is 5.73 Å². The van der Waals surface area contributed by atoms with Gasteiger partial charge in [0.25, 0.3) is 0 Å². The number of hydrogen-bond acceptors (Lipinski definition) is 5. The first-order valence-electron chi connectivity index (χ1n) is 5.33. The summed E-state index contributed by atoms with van der Waals surface area (Å²) in [6.45, 7) is 3.01. The Morgan fingerprint density at radius 1 is 1.62 bits per heavy atom. The molecular formula is C9H19N3O2S2. The Balaban J connectivity index is 2.68. The quantitative estimate of drug-likeness (QED) is 0.545. The SMILES string of the molecule is CCS(=O)(=O)C1CSCCN1CCC(=N)N. The molecule has 3 N–H and O–H groups in total. The van der Waals surface area contributed by atoms with E-state index in [2.05, 4.69) is 0 Å². The van der Waals surface area contributed by atoms with Gasteiger partial charge >= 0.3 is 0 Å². The molecule has 1 unspecified atom stereocenters. The minimum atomic E-state index is -3.02. The van der Waals surface area contributed by atoms with E-state index in [1.54, 1.807) is 18.7 Å². The fraction of sp³-hybridized carbons (Fsp3) is 0.889. The topological polar surface area (TPSA) is 87.2 Å². The number of hydrogen-bond donors (Lipinski definition) is 2. The van der Waals surface area contributed by atoms with Crippen LogP contribution in [0.2, 0.25) is 0 Å². The molecule has 7 heteroatoms. The molecule has 0 aliphatic carbocycles. The molecule has 1 fully saturated rings. The summed E-state index contributed by atoms with van der Waals surface area (Å²) in [4.78, 5) is 1.94. The van der Waals surface area contributed by atoms with Crippen LogP contribution in [0.15, 0.2) is 0 Å². The number of nitrogens with one attached hydrogen (secondary N) is 1. The first-order valence-corrected chi connectivity index (χ1v) is 8.20. The van der Waals surface area contributed by atoms with Gasteiger partial charge in [0.05, 0.1) is 5.84 Å². The van der Waals surface area contributed by atoms with E-state index in [1.165, 1.54) is 0 Å². The molecule has 1 rings (SSSR count). The van der Waals surface area contributed by atoms with E-state index in [-0.39, 0.29) is 11.6 Å². The maximum absolute atomic E-state index is 11.9. The van der Waals surface area contributed by atoms with Crippen LogP contribution in [0.4, 0.5) is 0 Å². The summed E-state index contributed by atoms with van der Waals surface area (Å²) in [5.74, 6) is 1.88. The number of nitrogens with two attached hydrogens (primary N) is 1. The van der Waals surface area contributed by atoms with Gasteiger partial charge < -0.3 is 5.73 Å². The maximum atomic E-state index is 11.9. The van der Waals surface area contributed by atoms with Gasteiger partial charge in [0.15, 0.2) is 9.84 Å². The van der Waals surface area contributed by atoms with Crippen molar-refractivity contribution in [2.75, 3.05) is 30.3 Å². The zero-order valence-electron chi connectivity index (χ0n) is 9.48. The zero-order valence-corrected chi connectivity index (χ0v) is 11.1. The molecule has 1 saturated heterocycles. The fourth-order valence-corrected chi connectivity index (χ4v) is 4.77. The third-order valence-electron chi connectivity index (χ3n) is 2.68. The smallest absolute Gasteiger partial charge is 0.166 e. The zero-order chi connectivity index (χ0) is 12.2. The van der Waals surface area contributed by atoms with Gasteiger partial charge in [0.2, 0.25) is 0 Å². The maximum Gasteiger partial charge on any atom is 0.166 e. The van der Waals surface area contributed by atoms with E-state index in [0.29, 0.717) is 18.7 Å². The number of sulfone groups is 1. The normalized spacial score (nSPS) is 23.2. The Bertz CT molecular complexity index is 343. The lowest BCUT2D eigenvalue weighted by molar-refractivity contribution is 0.277. The van der Waals surface area contributed by atoms with Gasteiger partial charge in [-0.05, 0) is 0 Å². The second-order valence-electron chi connectivity index (χ2n) is 3.79. The van der Waals surface area contributed by atoms with Crippen LogP contribution in [-0.4, -0.2) is 54.9 Å². The van der Waals surface area contributed by atoms with Crippen molar-refractivity contribution in [3.05, 3.63) is 0 Å². The molecule has 5 nitrogen and oxygen atoms in total. The van der Waals surface area contributed by atoms with E-state index in [4.69, 9.17) is 11.1 Å². The van der Waals surface area contributed by atoms with Gasteiger partial charge in [-0.1, -0.05) is 6.92 Å². The summed E-state index contributed by atoms with van der Waals surface area (Å²) in [5, 5.41) is 6.78. The molecule has 1 heterocycles. The summed E-state index contributed by atoms with van der Waals surface area (Å²) >= 11 is 1.68. The molecule has 94 valence electrons. The summed E-state index contributed by atoms with van der Waals surface area (Å²) < 4.78 is 23.7. The molecule has 0 aromatic heterocycles. The highest BCUT2D eigenvalue weighted by Gasteiger charge is 2.32. The Morgan fingerprint density at radius 2 is 2.31 bits per heavy atom. The Labute approximate surface area is 101 Å². The Hall–Kier alpha value is -0.270. The van der Waals surface area contributed by atoms with E-state index < -0.39 is 15.2 Å². The molecule has 16 heavy (non-hydrogen) atoms. The highest BCUT2D eigenvalue weighted by atomic mass is 32.2. The number of amidine groups is 1. The summed E-state index contributed by atoms with van der Waals surface area (Å²) in [5.41, 5.74) is 5.30. The lowest BCUT2D eigenvalue weighted by Gasteiger charge is -2.34. The van der Waals surface area contributed by atoms with Gasteiger partial charge in [-0.2, -0.15) is 11.8 Å². The number of nitrogens with zero attached hydrogens (tertiary/aromatic N) is 1. The van der Waals surface area contributed by atoms with E-state index in [0.717, 1.165) is 12.3 Å².